The summed E-state index contributed by atoms with van der Waals surface area (Å²) in [5, 5.41) is 9.19. The molecular formula is C12H13BrClFO3. The minimum Gasteiger partial charge on any atom is -0.479 e. The zero-order valence-electron chi connectivity index (χ0n) is 9.91. The Kier molecular flexibility index (Phi) is 5.41. The average Bonchev–Trinajstić information content (AvgIpc) is 2.23. The number of aliphatic carboxylic acids is 1. The van der Waals surface area contributed by atoms with E-state index in [-0.39, 0.29) is 21.2 Å². The molecule has 0 bridgehead atoms. The molecule has 0 aromatic heterocycles. The molecule has 0 radical (unpaired) electrons. The van der Waals surface area contributed by atoms with Gasteiger partial charge in [-0.2, -0.15) is 0 Å². The van der Waals surface area contributed by atoms with Gasteiger partial charge in [0.15, 0.2) is 6.10 Å². The van der Waals surface area contributed by atoms with Gasteiger partial charge in [-0.15, -0.1) is 0 Å². The molecule has 0 amide bonds. The summed E-state index contributed by atoms with van der Waals surface area (Å²) in [5.74, 6) is -1.47. The molecule has 1 aromatic carbocycles. The van der Waals surface area contributed by atoms with Crippen LogP contribution < -0.4 is 4.74 Å². The second-order valence-electron chi connectivity index (χ2n) is 4.27. The normalized spacial score (nSPS) is 12.6. The first kappa shape index (κ1) is 15.2. The Balaban J connectivity index is 2.93. The van der Waals surface area contributed by atoms with Crippen molar-refractivity contribution in [3.63, 3.8) is 0 Å². The molecule has 1 rings (SSSR count). The molecule has 0 fully saturated rings. The fourth-order valence-corrected chi connectivity index (χ4v) is 2.06. The number of rotatable bonds is 5. The van der Waals surface area contributed by atoms with E-state index in [1.165, 1.54) is 6.07 Å². The van der Waals surface area contributed by atoms with Gasteiger partial charge in [-0.1, -0.05) is 25.4 Å². The Hall–Kier alpha value is -0.810. The van der Waals surface area contributed by atoms with Crippen LogP contribution in [-0.4, -0.2) is 17.2 Å². The van der Waals surface area contributed by atoms with E-state index < -0.39 is 17.9 Å². The van der Waals surface area contributed by atoms with Crippen molar-refractivity contribution >= 4 is 33.5 Å². The van der Waals surface area contributed by atoms with Gasteiger partial charge in [-0.05, 0) is 34.3 Å². The van der Waals surface area contributed by atoms with Gasteiger partial charge in [-0.3, -0.25) is 0 Å². The monoisotopic (exact) mass is 338 g/mol. The highest BCUT2D eigenvalue weighted by Crippen LogP contribution is 2.31. The lowest BCUT2D eigenvalue weighted by Crippen LogP contribution is -2.28. The standard InChI is InChI=1S/C12H13BrClFO3/c1-6(2)3-11(12(16)17)18-10-5-9(15)7(13)4-8(10)14/h4-6,11H,3H2,1-2H3,(H,16,17). The van der Waals surface area contributed by atoms with Gasteiger partial charge in [0.25, 0.3) is 0 Å². The van der Waals surface area contributed by atoms with E-state index in [1.54, 1.807) is 0 Å². The van der Waals surface area contributed by atoms with Crippen molar-refractivity contribution in [3.05, 3.63) is 27.4 Å². The number of hydrogen-bond donors (Lipinski definition) is 1. The quantitative estimate of drug-likeness (QED) is 0.821. The molecule has 3 nitrogen and oxygen atoms in total. The van der Waals surface area contributed by atoms with E-state index in [2.05, 4.69) is 15.9 Å². The zero-order valence-corrected chi connectivity index (χ0v) is 12.3. The topological polar surface area (TPSA) is 46.5 Å². The first-order valence-corrected chi connectivity index (χ1v) is 6.52. The summed E-state index contributed by atoms with van der Waals surface area (Å²) in [5.41, 5.74) is 0. The lowest BCUT2D eigenvalue weighted by Gasteiger charge is -2.18. The molecule has 100 valence electrons. The summed E-state index contributed by atoms with van der Waals surface area (Å²) in [4.78, 5) is 11.0. The molecule has 0 aliphatic carbocycles. The van der Waals surface area contributed by atoms with Gasteiger partial charge in [0, 0.05) is 6.07 Å². The molecule has 0 aliphatic rings. The van der Waals surface area contributed by atoms with Crippen LogP contribution in [0.1, 0.15) is 20.3 Å². The van der Waals surface area contributed by atoms with Gasteiger partial charge >= 0.3 is 5.97 Å². The van der Waals surface area contributed by atoms with Crippen molar-refractivity contribution in [3.8, 4) is 5.75 Å². The summed E-state index contributed by atoms with van der Waals surface area (Å²) >= 11 is 8.86. The molecule has 0 aliphatic heterocycles. The Morgan fingerprint density at radius 2 is 2.17 bits per heavy atom. The van der Waals surface area contributed by atoms with Crippen molar-refractivity contribution in [1.29, 1.82) is 0 Å². The van der Waals surface area contributed by atoms with E-state index in [9.17, 15) is 9.18 Å². The van der Waals surface area contributed by atoms with Crippen LogP contribution in [0.5, 0.6) is 5.75 Å². The van der Waals surface area contributed by atoms with E-state index in [4.69, 9.17) is 21.4 Å². The highest BCUT2D eigenvalue weighted by atomic mass is 79.9. The summed E-state index contributed by atoms with van der Waals surface area (Å²) in [7, 11) is 0. The first-order chi connectivity index (χ1) is 8.31. The summed E-state index contributed by atoms with van der Waals surface area (Å²) in [6.45, 7) is 3.76. The molecule has 18 heavy (non-hydrogen) atoms. The second kappa shape index (κ2) is 6.38. The lowest BCUT2D eigenvalue weighted by molar-refractivity contribution is -0.145. The van der Waals surface area contributed by atoms with Crippen molar-refractivity contribution in [2.24, 2.45) is 5.92 Å². The number of benzene rings is 1. The van der Waals surface area contributed by atoms with Gasteiger partial charge in [0.2, 0.25) is 0 Å². The smallest absolute Gasteiger partial charge is 0.344 e. The largest absolute Gasteiger partial charge is 0.479 e. The molecule has 1 unspecified atom stereocenters. The summed E-state index contributed by atoms with van der Waals surface area (Å²) < 4.78 is 18.8. The number of halogens is 3. The summed E-state index contributed by atoms with van der Waals surface area (Å²) in [6, 6.07) is 2.41. The van der Waals surface area contributed by atoms with Gasteiger partial charge in [-0.25, -0.2) is 9.18 Å². The predicted molar refractivity (Wildman–Crippen MR) is 70.6 cm³/mol. The molecule has 6 heteroatoms. The Morgan fingerprint density at radius 3 is 2.67 bits per heavy atom. The van der Waals surface area contributed by atoms with Crippen LogP contribution >= 0.6 is 27.5 Å². The highest BCUT2D eigenvalue weighted by molar-refractivity contribution is 9.10. The van der Waals surface area contributed by atoms with Gasteiger partial charge in [0.1, 0.15) is 11.6 Å². The maximum absolute atomic E-state index is 13.3. The van der Waals surface area contributed by atoms with E-state index in [1.807, 2.05) is 13.8 Å². The zero-order chi connectivity index (χ0) is 13.9. The third kappa shape index (κ3) is 4.14. The van der Waals surface area contributed by atoms with Crippen LogP contribution in [0, 0.1) is 11.7 Å². The maximum Gasteiger partial charge on any atom is 0.344 e. The van der Waals surface area contributed by atoms with Crippen molar-refractivity contribution in [2.75, 3.05) is 0 Å². The van der Waals surface area contributed by atoms with Crippen LogP contribution in [0.15, 0.2) is 16.6 Å². The van der Waals surface area contributed by atoms with Gasteiger partial charge < -0.3 is 9.84 Å². The van der Waals surface area contributed by atoms with Crippen molar-refractivity contribution < 1.29 is 19.0 Å². The molecule has 0 saturated heterocycles. The van der Waals surface area contributed by atoms with E-state index in [0.29, 0.717) is 6.42 Å². The SMILES string of the molecule is CC(C)CC(Oc1cc(F)c(Br)cc1Cl)C(=O)O. The van der Waals surface area contributed by atoms with Crippen molar-refractivity contribution in [1.82, 2.24) is 0 Å². The average molecular weight is 340 g/mol. The van der Waals surface area contributed by atoms with Crippen molar-refractivity contribution in [2.45, 2.75) is 26.4 Å². The van der Waals surface area contributed by atoms with Crippen LogP contribution in [-0.2, 0) is 4.79 Å². The second-order valence-corrected chi connectivity index (χ2v) is 5.53. The van der Waals surface area contributed by atoms with E-state index >= 15 is 0 Å². The molecule has 0 heterocycles. The van der Waals surface area contributed by atoms with Crippen LogP contribution in [0.3, 0.4) is 0 Å². The molecule has 1 aromatic rings. The third-order valence-corrected chi connectivity index (χ3v) is 3.11. The molecule has 0 saturated carbocycles. The predicted octanol–water partition coefficient (Wildman–Crippen LogP) is 4.12. The number of carbonyl (C=O) groups is 1. The van der Waals surface area contributed by atoms with Gasteiger partial charge in [0.05, 0.1) is 9.50 Å². The summed E-state index contributed by atoms with van der Waals surface area (Å²) in [6.07, 6.45) is -0.716. The molecule has 1 N–H and O–H groups in total. The van der Waals surface area contributed by atoms with Crippen LogP contribution in [0.2, 0.25) is 5.02 Å². The minimum atomic E-state index is -1.09. The molecular weight excluding hydrogens is 326 g/mol. The third-order valence-electron chi connectivity index (χ3n) is 2.20. The fourth-order valence-electron chi connectivity index (χ4n) is 1.38. The first-order valence-electron chi connectivity index (χ1n) is 5.35. The van der Waals surface area contributed by atoms with Crippen LogP contribution in [0.25, 0.3) is 0 Å². The number of carboxylic acids is 1. The number of hydrogen-bond acceptors (Lipinski definition) is 2. The fraction of sp³-hybridized carbons (Fsp3) is 0.417. The van der Waals surface area contributed by atoms with E-state index in [0.717, 1.165) is 6.07 Å². The highest BCUT2D eigenvalue weighted by Gasteiger charge is 2.22. The minimum absolute atomic E-state index is 0.0328. The number of ether oxygens (including phenoxy) is 1. The lowest BCUT2D eigenvalue weighted by atomic mass is 10.1. The van der Waals surface area contributed by atoms with Crippen LogP contribution in [0.4, 0.5) is 4.39 Å². The maximum atomic E-state index is 13.3. The molecule has 1 atom stereocenters. The Morgan fingerprint density at radius 1 is 1.56 bits per heavy atom. The number of carboxylic acid groups (broad SMARTS) is 1. The molecule has 0 spiro atoms. The Bertz CT molecular complexity index is 451. The Labute approximate surface area is 118 Å².